The highest BCUT2D eigenvalue weighted by Gasteiger charge is 2.25. The van der Waals surface area contributed by atoms with Crippen molar-refractivity contribution in [1.82, 2.24) is 15.0 Å². The molecule has 0 atom stereocenters. The van der Waals surface area contributed by atoms with Gasteiger partial charge in [0, 0.05) is 23.9 Å². The average molecular weight is 433 g/mol. The molecule has 0 saturated heterocycles. The Hall–Kier alpha value is -3.72. The van der Waals surface area contributed by atoms with Gasteiger partial charge in [-0.05, 0) is 24.5 Å². The van der Waals surface area contributed by atoms with E-state index in [0.29, 0.717) is 46.1 Å². The van der Waals surface area contributed by atoms with E-state index in [0.717, 1.165) is 24.0 Å². The van der Waals surface area contributed by atoms with Crippen LogP contribution < -0.4 is 21.5 Å². The maximum absolute atomic E-state index is 11.8. The molecule has 5 rings (SSSR count). The summed E-state index contributed by atoms with van der Waals surface area (Å²) in [4.78, 5) is 26.4. The average Bonchev–Trinajstić information content (AvgIpc) is 3.53. The second kappa shape index (κ2) is 7.84. The van der Waals surface area contributed by atoms with Crippen molar-refractivity contribution in [2.75, 3.05) is 11.1 Å². The highest BCUT2D eigenvalue weighted by molar-refractivity contribution is 7.21. The fourth-order valence-corrected chi connectivity index (χ4v) is 4.17. The molecule has 1 aromatic carbocycles. The van der Waals surface area contributed by atoms with Gasteiger partial charge in [-0.2, -0.15) is 0 Å². The Bertz CT molecular complexity index is 1250. The zero-order valence-corrected chi connectivity index (χ0v) is 17.4. The molecule has 31 heavy (non-hydrogen) atoms. The van der Waals surface area contributed by atoms with Crippen LogP contribution in [0.3, 0.4) is 0 Å². The quantitative estimate of drug-likeness (QED) is 0.407. The van der Waals surface area contributed by atoms with Crippen LogP contribution in [0.4, 0.5) is 11.6 Å². The molecule has 0 radical (unpaired) electrons. The van der Waals surface area contributed by atoms with Crippen molar-refractivity contribution in [3.05, 3.63) is 59.1 Å². The van der Waals surface area contributed by atoms with Gasteiger partial charge in [0.25, 0.3) is 5.91 Å². The van der Waals surface area contributed by atoms with Crippen LogP contribution in [0, 0.1) is 0 Å². The number of anilines is 2. The van der Waals surface area contributed by atoms with Gasteiger partial charge in [-0.25, -0.2) is 15.0 Å². The number of hydrogen-bond donors (Lipinski definition) is 3. The molecule has 1 aliphatic rings. The Morgan fingerprint density at radius 2 is 1.97 bits per heavy atom. The molecule has 0 bridgehead atoms. The van der Waals surface area contributed by atoms with E-state index in [1.165, 1.54) is 11.3 Å². The smallest absolute Gasteiger partial charge is 0.260 e. The molecule has 0 unspecified atom stereocenters. The second-order valence-corrected chi connectivity index (χ2v) is 8.36. The van der Waals surface area contributed by atoms with Crippen LogP contribution >= 0.6 is 11.3 Å². The number of primary amides is 1. The maximum Gasteiger partial charge on any atom is 0.260 e. The Kier molecular flexibility index (Phi) is 4.87. The fraction of sp³-hybridized carbons (Fsp3) is 0.182. The first-order valence-corrected chi connectivity index (χ1v) is 10.7. The Morgan fingerprint density at radius 3 is 2.65 bits per heavy atom. The molecule has 4 aromatic rings. The van der Waals surface area contributed by atoms with E-state index in [-0.39, 0.29) is 4.88 Å². The molecule has 0 spiro atoms. The monoisotopic (exact) mass is 432 g/mol. The first kappa shape index (κ1) is 19.3. The number of aromatic nitrogens is 3. The zero-order valence-electron chi connectivity index (χ0n) is 16.5. The lowest BCUT2D eigenvalue weighted by Gasteiger charge is -2.09. The number of nitrogens with two attached hydrogens (primary N) is 2. The van der Waals surface area contributed by atoms with Crippen LogP contribution in [-0.4, -0.2) is 26.9 Å². The normalized spacial score (nSPS) is 13.3. The molecule has 1 aliphatic carbocycles. The van der Waals surface area contributed by atoms with E-state index in [9.17, 15) is 4.79 Å². The van der Waals surface area contributed by atoms with Crippen LogP contribution in [0.2, 0.25) is 0 Å². The van der Waals surface area contributed by atoms with E-state index in [2.05, 4.69) is 20.3 Å². The first-order chi connectivity index (χ1) is 15.1. The van der Waals surface area contributed by atoms with Gasteiger partial charge in [0.15, 0.2) is 0 Å². The minimum Gasteiger partial charge on any atom is -0.473 e. The van der Waals surface area contributed by atoms with E-state index in [4.69, 9.17) is 16.2 Å². The van der Waals surface area contributed by atoms with Crippen LogP contribution in [-0.2, 0) is 6.61 Å². The number of carbonyl (C=O) groups excluding carboxylic acids is 1. The van der Waals surface area contributed by atoms with Crippen molar-refractivity contribution in [2.24, 2.45) is 5.73 Å². The summed E-state index contributed by atoms with van der Waals surface area (Å²) in [6, 6.07) is 13.9. The number of hydrogen-bond acceptors (Lipinski definition) is 8. The number of thiophene rings is 1. The zero-order chi connectivity index (χ0) is 21.4. The topological polar surface area (TPSA) is 129 Å². The first-order valence-electron chi connectivity index (χ1n) is 9.88. The number of benzene rings is 1. The van der Waals surface area contributed by atoms with Gasteiger partial charge in [-0.15, -0.1) is 11.3 Å². The number of rotatable bonds is 7. The second-order valence-electron chi connectivity index (χ2n) is 7.36. The van der Waals surface area contributed by atoms with Gasteiger partial charge in [0.1, 0.15) is 16.3 Å². The molecule has 8 nitrogen and oxygen atoms in total. The number of nitrogen functional groups attached to an aromatic ring is 1. The highest BCUT2D eigenvalue weighted by Crippen LogP contribution is 2.39. The largest absolute Gasteiger partial charge is 0.473 e. The number of fused-ring (bicyclic) bond motifs is 1. The predicted molar refractivity (Wildman–Crippen MR) is 121 cm³/mol. The molecule has 1 saturated carbocycles. The third kappa shape index (κ3) is 3.99. The summed E-state index contributed by atoms with van der Waals surface area (Å²) in [5, 5.41) is 3.92. The summed E-state index contributed by atoms with van der Waals surface area (Å²) in [7, 11) is 0. The molecule has 5 N–H and O–H groups in total. The lowest BCUT2D eigenvalue weighted by molar-refractivity contribution is 0.100. The summed E-state index contributed by atoms with van der Waals surface area (Å²) < 4.78 is 5.77. The highest BCUT2D eigenvalue weighted by atomic mass is 32.1. The number of nitrogens with one attached hydrogen (secondary N) is 1. The van der Waals surface area contributed by atoms with Gasteiger partial charge in [0.05, 0.1) is 16.8 Å². The predicted octanol–water partition coefficient (Wildman–Crippen LogP) is 3.59. The van der Waals surface area contributed by atoms with Gasteiger partial charge in [-0.1, -0.05) is 30.3 Å². The summed E-state index contributed by atoms with van der Waals surface area (Å²) in [6.45, 7) is 0.430. The minimum absolute atomic E-state index is 0.282. The SMILES string of the molecule is NC(=O)c1sc2nc(NC3CC3)nc(-c3ccc(OCc4ccccc4)nc3)c2c1N. The van der Waals surface area contributed by atoms with E-state index in [1.54, 1.807) is 12.3 Å². The lowest BCUT2D eigenvalue weighted by atomic mass is 10.1. The number of pyridine rings is 1. The summed E-state index contributed by atoms with van der Waals surface area (Å²) in [5.74, 6) is 0.433. The third-order valence-corrected chi connectivity index (χ3v) is 6.08. The van der Waals surface area contributed by atoms with Crippen LogP contribution in [0.25, 0.3) is 21.5 Å². The van der Waals surface area contributed by atoms with Crippen LogP contribution in [0.15, 0.2) is 48.7 Å². The minimum atomic E-state index is -0.578. The van der Waals surface area contributed by atoms with E-state index >= 15 is 0 Å². The maximum atomic E-state index is 11.8. The molecule has 3 heterocycles. The molecule has 1 fully saturated rings. The van der Waals surface area contributed by atoms with Crippen molar-refractivity contribution in [2.45, 2.75) is 25.5 Å². The van der Waals surface area contributed by atoms with Crippen molar-refractivity contribution in [1.29, 1.82) is 0 Å². The number of nitrogens with zero attached hydrogens (tertiary/aromatic N) is 3. The molecular weight excluding hydrogens is 412 g/mol. The number of carbonyl (C=O) groups is 1. The summed E-state index contributed by atoms with van der Waals surface area (Å²) >= 11 is 1.18. The van der Waals surface area contributed by atoms with Crippen LogP contribution in [0.1, 0.15) is 28.1 Å². The number of ether oxygens (including phenoxy) is 1. The molecule has 9 heteroatoms. The third-order valence-electron chi connectivity index (χ3n) is 4.96. The molecule has 3 aromatic heterocycles. The van der Waals surface area contributed by atoms with Crippen molar-refractivity contribution in [3.63, 3.8) is 0 Å². The van der Waals surface area contributed by atoms with Crippen molar-refractivity contribution < 1.29 is 9.53 Å². The van der Waals surface area contributed by atoms with Gasteiger partial charge >= 0.3 is 0 Å². The Morgan fingerprint density at radius 1 is 1.16 bits per heavy atom. The van der Waals surface area contributed by atoms with Crippen LogP contribution in [0.5, 0.6) is 5.88 Å². The van der Waals surface area contributed by atoms with E-state index in [1.807, 2.05) is 36.4 Å². The van der Waals surface area contributed by atoms with Crippen molar-refractivity contribution in [3.8, 4) is 17.1 Å². The molecule has 1 amide bonds. The Balaban J connectivity index is 1.49. The summed E-state index contributed by atoms with van der Waals surface area (Å²) in [5.41, 5.74) is 14.5. The number of amides is 1. The lowest BCUT2D eigenvalue weighted by Crippen LogP contribution is -2.10. The Labute approximate surface area is 182 Å². The molecular formula is C22H20N6O2S. The standard InChI is InChI=1S/C22H20N6O2S/c23-17-16-18(13-6-9-15(25-10-13)30-11-12-4-2-1-3-5-12)27-22(26-14-7-8-14)28-21(16)31-19(17)20(24)29/h1-6,9-10,14H,7-8,11,23H2,(H2,24,29)(H,26,27,28). The van der Waals surface area contributed by atoms with Gasteiger partial charge in [-0.3, -0.25) is 4.79 Å². The summed E-state index contributed by atoms with van der Waals surface area (Å²) in [6.07, 6.45) is 3.86. The molecule has 0 aliphatic heterocycles. The van der Waals surface area contributed by atoms with Gasteiger partial charge in [0.2, 0.25) is 11.8 Å². The van der Waals surface area contributed by atoms with Gasteiger partial charge < -0.3 is 21.5 Å². The van der Waals surface area contributed by atoms with Crippen molar-refractivity contribution >= 4 is 39.1 Å². The molecule has 156 valence electrons. The van der Waals surface area contributed by atoms with E-state index < -0.39 is 5.91 Å². The fourth-order valence-electron chi connectivity index (χ4n) is 3.23.